The molecule has 0 aliphatic carbocycles. The molecule has 86 valence electrons. The zero-order chi connectivity index (χ0) is 12.1. The molecule has 0 aliphatic rings. The number of carbonyl (C=O) groups is 2. The van der Waals surface area contributed by atoms with Crippen LogP contribution in [-0.2, 0) is 16.0 Å². The summed E-state index contributed by atoms with van der Waals surface area (Å²) < 4.78 is 0. The summed E-state index contributed by atoms with van der Waals surface area (Å²) in [6.45, 7) is 1.29. The van der Waals surface area contributed by atoms with Gasteiger partial charge in [0, 0.05) is 19.0 Å². The van der Waals surface area contributed by atoms with Crippen molar-refractivity contribution in [3.8, 4) is 0 Å². The molecule has 0 fully saturated rings. The minimum absolute atomic E-state index is 0.245. The lowest BCUT2D eigenvalue weighted by Gasteiger charge is -2.13. The number of benzene rings is 1. The molecule has 1 atom stereocenters. The van der Waals surface area contributed by atoms with Crippen molar-refractivity contribution >= 4 is 17.6 Å². The second kappa shape index (κ2) is 5.16. The van der Waals surface area contributed by atoms with Gasteiger partial charge in [0.15, 0.2) is 0 Å². The second-order valence-electron chi connectivity index (χ2n) is 3.54. The smallest absolute Gasteiger partial charge is 0.326 e. The van der Waals surface area contributed by atoms with Crippen molar-refractivity contribution in [2.75, 3.05) is 5.73 Å². The number of carbonyl (C=O) groups excluding carboxylic acids is 1. The average Bonchev–Trinajstić information content (AvgIpc) is 2.19. The molecular formula is C11H14N2O3. The maximum Gasteiger partial charge on any atom is 0.326 e. The molecule has 0 unspecified atom stereocenters. The van der Waals surface area contributed by atoms with Crippen molar-refractivity contribution in [3.63, 3.8) is 0 Å². The Hall–Kier alpha value is -2.04. The highest BCUT2D eigenvalue weighted by atomic mass is 16.4. The molecule has 16 heavy (non-hydrogen) atoms. The Morgan fingerprint density at radius 1 is 1.38 bits per heavy atom. The Morgan fingerprint density at radius 3 is 2.38 bits per heavy atom. The summed E-state index contributed by atoms with van der Waals surface area (Å²) in [5.41, 5.74) is 6.95. The number of hydrogen-bond acceptors (Lipinski definition) is 3. The molecule has 0 heterocycles. The van der Waals surface area contributed by atoms with Crippen LogP contribution in [-0.4, -0.2) is 23.0 Å². The van der Waals surface area contributed by atoms with Crippen molar-refractivity contribution < 1.29 is 14.7 Å². The number of nitrogens with one attached hydrogen (secondary N) is 1. The number of nitrogen functional groups attached to an aromatic ring is 1. The Kier molecular flexibility index (Phi) is 3.88. The first kappa shape index (κ1) is 12.0. The Labute approximate surface area is 93.3 Å². The molecule has 0 aliphatic heterocycles. The van der Waals surface area contributed by atoms with Gasteiger partial charge in [-0.15, -0.1) is 0 Å². The maximum absolute atomic E-state index is 10.9. The number of carboxylic acids is 1. The molecule has 1 aromatic carbocycles. The predicted octanol–water partition coefficient (Wildman–Crippen LogP) is 0.401. The monoisotopic (exact) mass is 222 g/mol. The van der Waals surface area contributed by atoms with Gasteiger partial charge in [0.05, 0.1) is 0 Å². The van der Waals surface area contributed by atoms with Gasteiger partial charge in [-0.3, -0.25) is 4.79 Å². The van der Waals surface area contributed by atoms with Crippen LogP contribution in [0, 0.1) is 0 Å². The lowest BCUT2D eigenvalue weighted by molar-refractivity contribution is -0.141. The summed E-state index contributed by atoms with van der Waals surface area (Å²) in [4.78, 5) is 21.7. The van der Waals surface area contributed by atoms with Crippen molar-refractivity contribution in [1.82, 2.24) is 5.32 Å². The molecule has 1 amide bonds. The summed E-state index contributed by atoms with van der Waals surface area (Å²) in [6.07, 6.45) is 0.245. The summed E-state index contributed by atoms with van der Waals surface area (Å²) in [5.74, 6) is -1.41. The summed E-state index contributed by atoms with van der Waals surface area (Å²) >= 11 is 0. The van der Waals surface area contributed by atoms with E-state index in [9.17, 15) is 9.59 Å². The van der Waals surface area contributed by atoms with E-state index in [0.717, 1.165) is 5.56 Å². The molecule has 0 radical (unpaired) electrons. The van der Waals surface area contributed by atoms with E-state index >= 15 is 0 Å². The van der Waals surface area contributed by atoms with E-state index in [-0.39, 0.29) is 12.3 Å². The highest BCUT2D eigenvalue weighted by Gasteiger charge is 2.18. The maximum atomic E-state index is 10.9. The van der Waals surface area contributed by atoms with E-state index in [1.165, 1.54) is 6.92 Å². The molecule has 0 aromatic heterocycles. The van der Waals surface area contributed by atoms with Gasteiger partial charge in [0.2, 0.25) is 5.91 Å². The largest absolute Gasteiger partial charge is 0.480 e. The minimum Gasteiger partial charge on any atom is -0.480 e. The molecule has 1 aromatic rings. The van der Waals surface area contributed by atoms with Gasteiger partial charge in [0.25, 0.3) is 0 Å². The molecule has 0 saturated heterocycles. The van der Waals surface area contributed by atoms with Gasteiger partial charge in [-0.2, -0.15) is 0 Å². The fraction of sp³-hybridized carbons (Fsp3) is 0.273. The van der Waals surface area contributed by atoms with Crippen LogP contribution in [0.5, 0.6) is 0 Å². The number of nitrogens with two attached hydrogens (primary N) is 1. The number of rotatable bonds is 4. The molecule has 0 spiro atoms. The SMILES string of the molecule is CC(=O)N[C@@H](Cc1ccc(N)cc1)C(=O)O. The first-order valence-electron chi connectivity index (χ1n) is 4.83. The van der Waals surface area contributed by atoms with Crippen LogP contribution in [0.15, 0.2) is 24.3 Å². The van der Waals surface area contributed by atoms with Gasteiger partial charge in [-0.25, -0.2) is 4.79 Å². The number of aliphatic carboxylic acids is 1. The average molecular weight is 222 g/mol. The molecule has 5 heteroatoms. The molecule has 0 saturated carbocycles. The van der Waals surface area contributed by atoms with Crippen LogP contribution in [0.1, 0.15) is 12.5 Å². The fourth-order valence-corrected chi connectivity index (χ4v) is 1.33. The Morgan fingerprint density at radius 2 is 1.94 bits per heavy atom. The van der Waals surface area contributed by atoms with Crippen LogP contribution in [0.2, 0.25) is 0 Å². The van der Waals surface area contributed by atoms with E-state index in [1.807, 2.05) is 0 Å². The van der Waals surface area contributed by atoms with Crippen LogP contribution < -0.4 is 11.1 Å². The molecule has 5 nitrogen and oxygen atoms in total. The van der Waals surface area contributed by atoms with E-state index in [1.54, 1.807) is 24.3 Å². The van der Waals surface area contributed by atoms with E-state index in [0.29, 0.717) is 5.69 Å². The fourth-order valence-electron chi connectivity index (χ4n) is 1.33. The van der Waals surface area contributed by atoms with Gasteiger partial charge in [-0.05, 0) is 17.7 Å². The van der Waals surface area contributed by atoms with E-state index in [4.69, 9.17) is 10.8 Å². The van der Waals surface area contributed by atoms with Crippen LogP contribution in [0.3, 0.4) is 0 Å². The van der Waals surface area contributed by atoms with Gasteiger partial charge < -0.3 is 16.2 Å². The highest BCUT2D eigenvalue weighted by Crippen LogP contribution is 2.08. The lowest BCUT2D eigenvalue weighted by atomic mass is 10.1. The van der Waals surface area contributed by atoms with Gasteiger partial charge >= 0.3 is 5.97 Å². The van der Waals surface area contributed by atoms with E-state index in [2.05, 4.69) is 5.32 Å². The zero-order valence-corrected chi connectivity index (χ0v) is 8.93. The molecule has 0 bridgehead atoms. The number of amides is 1. The van der Waals surface area contributed by atoms with Crippen molar-refractivity contribution in [2.24, 2.45) is 0 Å². The Bertz CT molecular complexity index is 387. The third-order valence-corrected chi connectivity index (χ3v) is 2.10. The van der Waals surface area contributed by atoms with Crippen LogP contribution in [0.4, 0.5) is 5.69 Å². The van der Waals surface area contributed by atoms with Crippen molar-refractivity contribution in [2.45, 2.75) is 19.4 Å². The van der Waals surface area contributed by atoms with Gasteiger partial charge in [-0.1, -0.05) is 12.1 Å². The van der Waals surface area contributed by atoms with Crippen LogP contribution in [0.25, 0.3) is 0 Å². The predicted molar refractivity (Wildman–Crippen MR) is 59.8 cm³/mol. The normalized spacial score (nSPS) is 11.8. The van der Waals surface area contributed by atoms with Gasteiger partial charge in [0.1, 0.15) is 6.04 Å². The van der Waals surface area contributed by atoms with Crippen molar-refractivity contribution in [3.05, 3.63) is 29.8 Å². The van der Waals surface area contributed by atoms with Crippen LogP contribution >= 0.6 is 0 Å². The number of anilines is 1. The highest BCUT2D eigenvalue weighted by molar-refractivity contribution is 5.82. The molecular weight excluding hydrogens is 208 g/mol. The third-order valence-electron chi connectivity index (χ3n) is 2.10. The molecule has 4 N–H and O–H groups in total. The standard InChI is InChI=1S/C11H14N2O3/c1-7(14)13-10(11(15)16)6-8-2-4-9(12)5-3-8/h2-5,10H,6,12H2,1H3,(H,13,14)(H,15,16)/t10-/m0/s1. The first-order chi connectivity index (χ1) is 7.49. The third kappa shape index (κ3) is 3.61. The lowest BCUT2D eigenvalue weighted by Crippen LogP contribution is -2.41. The number of carboxylic acid groups (broad SMARTS) is 1. The minimum atomic E-state index is -1.05. The first-order valence-corrected chi connectivity index (χ1v) is 4.83. The number of hydrogen-bond donors (Lipinski definition) is 3. The zero-order valence-electron chi connectivity index (χ0n) is 8.93. The molecule has 1 rings (SSSR count). The Balaban J connectivity index is 2.71. The topological polar surface area (TPSA) is 92.4 Å². The summed E-state index contributed by atoms with van der Waals surface area (Å²) in [6, 6.07) is 5.98. The summed E-state index contributed by atoms with van der Waals surface area (Å²) in [5, 5.41) is 11.3. The summed E-state index contributed by atoms with van der Waals surface area (Å²) in [7, 11) is 0. The van der Waals surface area contributed by atoms with Crippen molar-refractivity contribution in [1.29, 1.82) is 0 Å². The van der Waals surface area contributed by atoms with E-state index < -0.39 is 12.0 Å². The second-order valence-corrected chi connectivity index (χ2v) is 3.54. The quantitative estimate of drug-likeness (QED) is 0.643.